The Kier molecular flexibility index (Phi) is 5.84. The van der Waals surface area contributed by atoms with Crippen LogP contribution in [0.5, 0.6) is 0 Å². The van der Waals surface area contributed by atoms with E-state index in [0.717, 1.165) is 6.42 Å². The van der Waals surface area contributed by atoms with Gasteiger partial charge in [0.15, 0.2) is 0 Å². The van der Waals surface area contributed by atoms with Gasteiger partial charge in [0, 0.05) is 13.5 Å². The monoisotopic (exact) mass is 160 g/mol. The number of rotatable bonds is 5. The maximum Gasteiger partial charge on any atom is 0.306 e. The topological polar surface area (TPSA) is 35.5 Å². The lowest BCUT2D eigenvalue weighted by Gasteiger charge is -2.10. The minimum Gasteiger partial charge on any atom is -0.460 e. The summed E-state index contributed by atoms with van der Waals surface area (Å²) >= 11 is 0. The second-order valence-electron chi connectivity index (χ2n) is 2.51. The van der Waals surface area contributed by atoms with Crippen LogP contribution in [0.25, 0.3) is 0 Å². The highest BCUT2D eigenvalue weighted by atomic mass is 16.6. The van der Waals surface area contributed by atoms with E-state index < -0.39 is 0 Å². The Morgan fingerprint density at radius 3 is 2.64 bits per heavy atom. The van der Waals surface area contributed by atoms with Gasteiger partial charge in [-0.05, 0) is 13.3 Å². The van der Waals surface area contributed by atoms with Gasteiger partial charge < -0.3 is 9.47 Å². The van der Waals surface area contributed by atoms with Crippen LogP contribution < -0.4 is 0 Å². The van der Waals surface area contributed by atoms with Crippen LogP contribution in [0.15, 0.2) is 0 Å². The molecule has 0 aromatic carbocycles. The van der Waals surface area contributed by atoms with Gasteiger partial charge in [-0.15, -0.1) is 0 Å². The molecular formula is C8H16O3. The molecule has 0 aromatic rings. The fourth-order valence-corrected chi connectivity index (χ4v) is 0.756. The van der Waals surface area contributed by atoms with Crippen LogP contribution in [-0.2, 0) is 14.3 Å². The van der Waals surface area contributed by atoms with Crippen molar-refractivity contribution in [3.8, 4) is 0 Å². The maximum atomic E-state index is 10.9. The van der Waals surface area contributed by atoms with Crippen LogP contribution in [0, 0.1) is 0 Å². The first-order valence-electron chi connectivity index (χ1n) is 3.89. The number of esters is 1. The van der Waals surface area contributed by atoms with Crippen molar-refractivity contribution in [3.05, 3.63) is 0 Å². The van der Waals surface area contributed by atoms with Gasteiger partial charge in [-0.25, -0.2) is 0 Å². The Morgan fingerprint density at radius 1 is 1.55 bits per heavy atom. The molecule has 11 heavy (non-hydrogen) atoms. The molecule has 1 unspecified atom stereocenters. The lowest BCUT2D eigenvalue weighted by molar-refractivity contribution is -0.150. The summed E-state index contributed by atoms with van der Waals surface area (Å²) in [6.07, 6.45) is 1.20. The van der Waals surface area contributed by atoms with E-state index in [-0.39, 0.29) is 12.1 Å². The standard InChI is InChI=1S/C8H16O3/c1-4-5-8(9)11-7(2)6-10-3/h7H,4-6H2,1-3H3. The lowest BCUT2D eigenvalue weighted by Crippen LogP contribution is -2.19. The molecule has 0 aliphatic heterocycles. The molecule has 3 heteroatoms. The summed E-state index contributed by atoms with van der Waals surface area (Å²) < 4.78 is 9.77. The fraction of sp³-hybridized carbons (Fsp3) is 0.875. The van der Waals surface area contributed by atoms with Crippen LogP contribution in [0.3, 0.4) is 0 Å². The van der Waals surface area contributed by atoms with Crippen molar-refractivity contribution in [1.82, 2.24) is 0 Å². The third-order valence-electron chi connectivity index (χ3n) is 1.19. The van der Waals surface area contributed by atoms with E-state index in [4.69, 9.17) is 9.47 Å². The summed E-state index contributed by atoms with van der Waals surface area (Å²) in [6, 6.07) is 0. The number of carbonyl (C=O) groups excluding carboxylic acids is 1. The second-order valence-corrected chi connectivity index (χ2v) is 2.51. The van der Waals surface area contributed by atoms with Crippen molar-refractivity contribution in [2.24, 2.45) is 0 Å². The first kappa shape index (κ1) is 10.4. The number of carbonyl (C=O) groups is 1. The van der Waals surface area contributed by atoms with Gasteiger partial charge >= 0.3 is 5.97 Å². The Balaban J connectivity index is 3.40. The Morgan fingerprint density at radius 2 is 2.18 bits per heavy atom. The highest BCUT2D eigenvalue weighted by molar-refractivity contribution is 5.69. The number of methoxy groups -OCH3 is 1. The van der Waals surface area contributed by atoms with Gasteiger partial charge in [0.05, 0.1) is 6.61 Å². The van der Waals surface area contributed by atoms with Gasteiger partial charge in [0.2, 0.25) is 0 Å². The first-order chi connectivity index (χ1) is 5.20. The molecule has 0 fully saturated rings. The molecule has 0 radical (unpaired) electrons. The molecule has 0 spiro atoms. The minimum atomic E-state index is -0.142. The molecule has 0 bridgehead atoms. The van der Waals surface area contributed by atoms with Gasteiger partial charge in [-0.2, -0.15) is 0 Å². The second kappa shape index (κ2) is 6.16. The zero-order chi connectivity index (χ0) is 8.69. The van der Waals surface area contributed by atoms with E-state index >= 15 is 0 Å². The summed E-state index contributed by atoms with van der Waals surface area (Å²) in [5, 5.41) is 0. The molecule has 1 atom stereocenters. The molecule has 0 saturated carbocycles. The van der Waals surface area contributed by atoms with Crippen molar-refractivity contribution in [3.63, 3.8) is 0 Å². The molecule has 0 rings (SSSR count). The Hall–Kier alpha value is -0.570. The Labute approximate surface area is 67.7 Å². The van der Waals surface area contributed by atoms with Crippen molar-refractivity contribution in [2.75, 3.05) is 13.7 Å². The van der Waals surface area contributed by atoms with Crippen LogP contribution in [0.1, 0.15) is 26.7 Å². The molecule has 0 aliphatic rings. The smallest absolute Gasteiger partial charge is 0.306 e. The minimum absolute atomic E-state index is 0.126. The predicted octanol–water partition coefficient (Wildman–Crippen LogP) is 1.36. The third-order valence-corrected chi connectivity index (χ3v) is 1.19. The van der Waals surface area contributed by atoms with Crippen LogP contribution in [-0.4, -0.2) is 25.8 Å². The molecule has 0 amide bonds. The molecule has 66 valence electrons. The van der Waals surface area contributed by atoms with Gasteiger partial charge in [-0.3, -0.25) is 4.79 Å². The largest absolute Gasteiger partial charge is 0.460 e. The molecule has 3 nitrogen and oxygen atoms in total. The summed E-state index contributed by atoms with van der Waals surface area (Å²) in [5.41, 5.74) is 0. The van der Waals surface area contributed by atoms with Gasteiger partial charge in [0.25, 0.3) is 0 Å². The highest BCUT2D eigenvalue weighted by Gasteiger charge is 2.06. The maximum absolute atomic E-state index is 10.9. The summed E-state index contributed by atoms with van der Waals surface area (Å²) in [6.45, 7) is 4.23. The van der Waals surface area contributed by atoms with Gasteiger partial charge in [-0.1, -0.05) is 6.92 Å². The zero-order valence-corrected chi connectivity index (χ0v) is 7.42. The molecule has 0 aromatic heterocycles. The summed E-state index contributed by atoms with van der Waals surface area (Å²) in [5.74, 6) is -0.142. The Bertz CT molecular complexity index is 112. The van der Waals surface area contributed by atoms with E-state index in [2.05, 4.69) is 0 Å². The first-order valence-corrected chi connectivity index (χ1v) is 3.89. The van der Waals surface area contributed by atoms with E-state index in [9.17, 15) is 4.79 Å². The predicted molar refractivity (Wildman–Crippen MR) is 42.3 cm³/mol. The van der Waals surface area contributed by atoms with E-state index in [0.29, 0.717) is 13.0 Å². The molecule has 0 saturated heterocycles. The summed E-state index contributed by atoms with van der Waals surface area (Å²) in [7, 11) is 1.59. The average molecular weight is 160 g/mol. The summed E-state index contributed by atoms with van der Waals surface area (Å²) in [4.78, 5) is 10.9. The molecule has 0 N–H and O–H groups in total. The van der Waals surface area contributed by atoms with Crippen LogP contribution in [0.2, 0.25) is 0 Å². The quantitative estimate of drug-likeness (QED) is 0.570. The van der Waals surface area contributed by atoms with Crippen LogP contribution >= 0.6 is 0 Å². The van der Waals surface area contributed by atoms with Crippen molar-refractivity contribution in [1.29, 1.82) is 0 Å². The lowest BCUT2D eigenvalue weighted by atomic mass is 10.3. The highest BCUT2D eigenvalue weighted by Crippen LogP contribution is 1.96. The zero-order valence-electron chi connectivity index (χ0n) is 7.42. The average Bonchev–Trinajstić information content (AvgIpc) is 1.87. The van der Waals surface area contributed by atoms with Crippen molar-refractivity contribution in [2.45, 2.75) is 32.8 Å². The fourth-order valence-electron chi connectivity index (χ4n) is 0.756. The molecule has 0 heterocycles. The molecule has 0 aliphatic carbocycles. The molecular weight excluding hydrogens is 144 g/mol. The van der Waals surface area contributed by atoms with E-state index in [1.165, 1.54) is 0 Å². The van der Waals surface area contributed by atoms with Crippen LogP contribution in [0.4, 0.5) is 0 Å². The van der Waals surface area contributed by atoms with E-state index in [1.807, 2.05) is 13.8 Å². The van der Waals surface area contributed by atoms with Gasteiger partial charge in [0.1, 0.15) is 6.10 Å². The van der Waals surface area contributed by atoms with E-state index in [1.54, 1.807) is 7.11 Å². The number of hydrogen-bond donors (Lipinski definition) is 0. The number of hydrogen-bond acceptors (Lipinski definition) is 3. The van der Waals surface area contributed by atoms with Crippen molar-refractivity contribution >= 4 is 5.97 Å². The number of ether oxygens (including phenoxy) is 2. The van der Waals surface area contributed by atoms with Crippen molar-refractivity contribution < 1.29 is 14.3 Å². The SMILES string of the molecule is CCCC(=O)OC(C)COC. The normalized spacial score (nSPS) is 12.6. The third kappa shape index (κ3) is 5.85.